The molecule has 4 rings (SSSR count). The van der Waals surface area contributed by atoms with Gasteiger partial charge in [-0.2, -0.15) is 0 Å². The highest BCUT2D eigenvalue weighted by atomic mass is 35.5. The van der Waals surface area contributed by atoms with Gasteiger partial charge in [0.15, 0.2) is 0 Å². The van der Waals surface area contributed by atoms with Crippen molar-refractivity contribution in [1.82, 2.24) is 15.2 Å². The SMILES string of the molecule is O=C(NCc1cccnc1)C1CC12CCN(C(=O)c1cccc(Cl)c1)C2. The lowest BCUT2D eigenvalue weighted by atomic mass is 10.0. The standard InChI is InChI=1S/C20H20ClN3O2/c21-16-5-1-4-15(9-16)19(26)24-8-6-20(13-24)10-17(20)18(25)23-12-14-3-2-7-22-11-14/h1-5,7,9,11,17H,6,8,10,12-13H2,(H,23,25). The first-order valence-corrected chi connectivity index (χ1v) is 9.17. The van der Waals surface area contributed by atoms with E-state index in [2.05, 4.69) is 10.3 Å². The summed E-state index contributed by atoms with van der Waals surface area (Å²) in [5.74, 6) is 0.0630. The van der Waals surface area contributed by atoms with Crippen molar-refractivity contribution < 1.29 is 9.59 Å². The first-order valence-electron chi connectivity index (χ1n) is 8.79. The maximum atomic E-state index is 12.7. The van der Waals surface area contributed by atoms with Crippen LogP contribution in [0.3, 0.4) is 0 Å². The van der Waals surface area contributed by atoms with Gasteiger partial charge in [0.2, 0.25) is 5.91 Å². The molecule has 1 N–H and O–H groups in total. The minimum atomic E-state index is -0.0484. The first-order chi connectivity index (χ1) is 12.6. The third-order valence-electron chi connectivity index (χ3n) is 5.44. The van der Waals surface area contributed by atoms with E-state index in [9.17, 15) is 9.59 Å². The van der Waals surface area contributed by atoms with Gasteiger partial charge >= 0.3 is 0 Å². The van der Waals surface area contributed by atoms with Crippen LogP contribution >= 0.6 is 11.6 Å². The second-order valence-corrected chi connectivity index (χ2v) is 7.62. The Balaban J connectivity index is 1.34. The van der Waals surface area contributed by atoms with E-state index < -0.39 is 0 Å². The first kappa shape index (κ1) is 17.0. The van der Waals surface area contributed by atoms with E-state index in [0.717, 1.165) is 18.4 Å². The van der Waals surface area contributed by atoms with Gasteiger partial charge in [0.25, 0.3) is 5.91 Å². The molecule has 1 aliphatic heterocycles. The molecule has 1 aliphatic carbocycles. The van der Waals surface area contributed by atoms with Crippen molar-refractivity contribution in [3.05, 3.63) is 64.9 Å². The van der Waals surface area contributed by atoms with E-state index >= 15 is 0 Å². The number of amides is 2. The van der Waals surface area contributed by atoms with Crippen LogP contribution in [-0.4, -0.2) is 34.8 Å². The van der Waals surface area contributed by atoms with E-state index in [-0.39, 0.29) is 23.1 Å². The van der Waals surface area contributed by atoms with Gasteiger partial charge in [-0.25, -0.2) is 0 Å². The van der Waals surface area contributed by atoms with Crippen molar-refractivity contribution in [3.63, 3.8) is 0 Å². The molecule has 2 heterocycles. The largest absolute Gasteiger partial charge is 0.352 e. The molecule has 0 bridgehead atoms. The summed E-state index contributed by atoms with van der Waals surface area (Å²) >= 11 is 5.99. The van der Waals surface area contributed by atoms with Crippen LogP contribution in [-0.2, 0) is 11.3 Å². The average Bonchev–Trinajstić information content (AvgIpc) is 3.20. The molecule has 1 aromatic carbocycles. The Kier molecular flexibility index (Phi) is 4.41. The van der Waals surface area contributed by atoms with Gasteiger partial charge in [-0.15, -0.1) is 0 Å². The van der Waals surface area contributed by atoms with Crippen molar-refractivity contribution >= 4 is 23.4 Å². The normalized spacial score (nSPS) is 23.9. The number of halogens is 1. The number of aromatic nitrogens is 1. The summed E-state index contributed by atoms with van der Waals surface area (Å²) in [6.07, 6.45) is 5.20. The molecule has 2 aromatic rings. The molecule has 134 valence electrons. The van der Waals surface area contributed by atoms with Crippen LogP contribution in [0.25, 0.3) is 0 Å². The Bertz CT molecular complexity index is 842. The topological polar surface area (TPSA) is 62.3 Å². The number of hydrogen-bond acceptors (Lipinski definition) is 3. The van der Waals surface area contributed by atoms with Crippen LogP contribution in [0.4, 0.5) is 0 Å². The van der Waals surface area contributed by atoms with Crippen LogP contribution in [0.2, 0.25) is 5.02 Å². The molecule has 2 fully saturated rings. The fraction of sp³-hybridized carbons (Fsp3) is 0.350. The van der Waals surface area contributed by atoms with Crippen LogP contribution in [0.15, 0.2) is 48.8 Å². The number of nitrogens with one attached hydrogen (secondary N) is 1. The van der Waals surface area contributed by atoms with Crippen molar-refractivity contribution in [1.29, 1.82) is 0 Å². The summed E-state index contributed by atoms with van der Waals surface area (Å²) in [6.45, 7) is 1.82. The van der Waals surface area contributed by atoms with Crippen molar-refractivity contribution in [2.24, 2.45) is 11.3 Å². The minimum Gasteiger partial charge on any atom is -0.352 e. The predicted molar refractivity (Wildman–Crippen MR) is 98.6 cm³/mol. The van der Waals surface area contributed by atoms with Crippen LogP contribution in [0.5, 0.6) is 0 Å². The number of hydrogen-bond donors (Lipinski definition) is 1. The smallest absolute Gasteiger partial charge is 0.253 e. The highest BCUT2D eigenvalue weighted by Gasteiger charge is 2.61. The fourth-order valence-corrected chi connectivity index (χ4v) is 4.05. The monoisotopic (exact) mass is 369 g/mol. The molecule has 26 heavy (non-hydrogen) atoms. The van der Waals surface area contributed by atoms with Crippen molar-refractivity contribution in [2.45, 2.75) is 19.4 Å². The van der Waals surface area contributed by atoms with E-state index in [1.807, 2.05) is 17.0 Å². The summed E-state index contributed by atoms with van der Waals surface area (Å²) in [6, 6.07) is 10.8. The van der Waals surface area contributed by atoms with Crippen LogP contribution in [0.1, 0.15) is 28.8 Å². The van der Waals surface area contributed by atoms with Crippen molar-refractivity contribution in [2.75, 3.05) is 13.1 Å². The molecule has 2 atom stereocenters. The van der Waals surface area contributed by atoms with Gasteiger partial charge in [-0.3, -0.25) is 14.6 Å². The number of likely N-dealkylation sites (tertiary alicyclic amines) is 1. The lowest BCUT2D eigenvalue weighted by Gasteiger charge is -2.17. The van der Waals surface area contributed by atoms with E-state index in [0.29, 0.717) is 30.2 Å². The quantitative estimate of drug-likeness (QED) is 0.901. The molecular formula is C20H20ClN3O2. The zero-order valence-corrected chi connectivity index (χ0v) is 15.1. The Morgan fingerprint density at radius 1 is 1.31 bits per heavy atom. The Morgan fingerprint density at radius 3 is 2.96 bits per heavy atom. The van der Waals surface area contributed by atoms with Crippen LogP contribution < -0.4 is 5.32 Å². The minimum absolute atomic E-state index is 0.00340. The van der Waals surface area contributed by atoms with Gasteiger partial charge in [0.05, 0.1) is 0 Å². The molecule has 5 nitrogen and oxygen atoms in total. The summed E-state index contributed by atoms with van der Waals surface area (Å²) in [4.78, 5) is 31.0. The zero-order valence-electron chi connectivity index (χ0n) is 14.3. The van der Waals surface area contributed by atoms with Crippen molar-refractivity contribution in [3.8, 4) is 0 Å². The summed E-state index contributed by atoms with van der Waals surface area (Å²) in [5.41, 5.74) is 1.54. The van der Waals surface area contributed by atoms with Gasteiger partial charge < -0.3 is 10.2 Å². The number of rotatable bonds is 4. The van der Waals surface area contributed by atoms with Gasteiger partial charge in [-0.1, -0.05) is 23.7 Å². The van der Waals surface area contributed by atoms with Gasteiger partial charge in [-0.05, 0) is 42.7 Å². The molecule has 2 amide bonds. The molecular weight excluding hydrogens is 350 g/mol. The lowest BCUT2D eigenvalue weighted by molar-refractivity contribution is -0.123. The Labute approximate surface area is 157 Å². The number of carbonyl (C=O) groups excluding carboxylic acids is 2. The third-order valence-corrected chi connectivity index (χ3v) is 5.67. The zero-order chi connectivity index (χ0) is 18.1. The highest BCUT2D eigenvalue weighted by Crippen LogP contribution is 2.58. The number of nitrogens with zero attached hydrogens (tertiary/aromatic N) is 2. The summed E-state index contributed by atoms with van der Waals surface area (Å²) < 4.78 is 0. The third kappa shape index (κ3) is 3.31. The second kappa shape index (κ2) is 6.72. The van der Waals surface area contributed by atoms with E-state index in [1.165, 1.54) is 0 Å². The average molecular weight is 370 g/mol. The number of benzene rings is 1. The molecule has 6 heteroatoms. The summed E-state index contributed by atoms with van der Waals surface area (Å²) in [5, 5.41) is 3.55. The van der Waals surface area contributed by atoms with Gasteiger partial charge in [0.1, 0.15) is 0 Å². The highest BCUT2D eigenvalue weighted by molar-refractivity contribution is 6.30. The molecule has 1 saturated carbocycles. The molecule has 2 unspecified atom stereocenters. The van der Waals surface area contributed by atoms with E-state index in [4.69, 9.17) is 11.6 Å². The maximum Gasteiger partial charge on any atom is 0.253 e. The fourth-order valence-electron chi connectivity index (χ4n) is 3.86. The Hall–Kier alpha value is -2.40. The van der Waals surface area contributed by atoms with Gasteiger partial charge in [0, 0.05) is 53.9 Å². The Morgan fingerprint density at radius 2 is 2.19 bits per heavy atom. The number of carbonyl (C=O) groups is 2. The summed E-state index contributed by atoms with van der Waals surface area (Å²) in [7, 11) is 0. The predicted octanol–water partition coefficient (Wildman–Crippen LogP) is 2.90. The lowest BCUT2D eigenvalue weighted by Crippen LogP contribution is -2.31. The van der Waals surface area contributed by atoms with Crippen LogP contribution in [0, 0.1) is 11.3 Å². The van der Waals surface area contributed by atoms with E-state index in [1.54, 1.807) is 36.7 Å². The molecule has 1 aromatic heterocycles. The number of pyridine rings is 1. The second-order valence-electron chi connectivity index (χ2n) is 7.19. The molecule has 1 spiro atoms. The molecule has 2 aliphatic rings. The molecule has 1 saturated heterocycles. The maximum absolute atomic E-state index is 12.7. The molecule has 0 radical (unpaired) electrons.